The Morgan fingerprint density at radius 2 is 1.72 bits per heavy atom. The van der Waals surface area contributed by atoms with Gasteiger partial charge in [0.15, 0.2) is 9.84 Å². The van der Waals surface area contributed by atoms with E-state index in [1.54, 1.807) is 13.8 Å². The Kier molecular flexibility index (Phi) is 7.45. The Morgan fingerprint density at radius 1 is 1.17 bits per heavy atom. The van der Waals surface area contributed by atoms with Gasteiger partial charge in [0.2, 0.25) is 0 Å². The number of sulfone groups is 1. The van der Waals surface area contributed by atoms with Crippen LogP contribution in [0.25, 0.3) is 0 Å². The van der Waals surface area contributed by atoms with E-state index < -0.39 is 9.84 Å². The Labute approximate surface area is 114 Å². The van der Waals surface area contributed by atoms with Crippen molar-refractivity contribution in [3.05, 3.63) is 0 Å². The summed E-state index contributed by atoms with van der Waals surface area (Å²) in [7, 11) is -2.89. The highest BCUT2D eigenvalue weighted by molar-refractivity contribution is 7.91. The molecule has 0 fully saturated rings. The Hall–Kier alpha value is -0.0900. The van der Waals surface area contributed by atoms with Crippen molar-refractivity contribution in [1.29, 1.82) is 0 Å². The van der Waals surface area contributed by atoms with Crippen LogP contribution < -0.4 is 5.32 Å². The third-order valence-corrected chi connectivity index (χ3v) is 5.62. The average molecular weight is 277 g/mol. The smallest absolute Gasteiger partial charge is 0.152 e. The number of hydrogen-bond acceptors (Lipinski definition) is 3. The molecule has 0 radical (unpaired) electrons. The molecule has 18 heavy (non-hydrogen) atoms. The summed E-state index contributed by atoms with van der Waals surface area (Å²) in [5.74, 6) is 0.311. The highest BCUT2D eigenvalue weighted by Gasteiger charge is 2.24. The van der Waals surface area contributed by atoms with Crippen LogP contribution in [0.3, 0.4) is 0 Å². The molecule has 0 bridgehead atoms. The molecule has 0 saturated carbocycles. The van der Waals surface area contributed by atoms with Crippen LogP contribution in [-0.4, -0.2) is 32.0 Å². The lowest BCUT2D eigenvalue weighted by Crippen LogP contribution is -2.41. The monoisotopic (exact) mass is 277 g/mol. The fourth-order valence-corrected chi connectivity index (χ4v) is 2.92. The largest absolute Gasteiger partial charge is 0.313 e. The van der Waals surface area contributed by atoms with Gasteiger partial charge in [0.05, 0.1) is 11.0 Å². The first kappa shape index (κ1) is 17.9. The van der Waals surface area contributed by atoms with Gasteiger partial charge in [0.25, 0.3) is 0 Å². The molecule has 0 heterocycles. The minimum Gasteiger partial charge on any atom is -0.313 e. The standard InChI is InChI=1S/C14H31NO2S/c1-7-10-15-13(14(4,5)6)9-8-11-18(16,17)12(2)3/h12-13,15H,7-11H2,1-6H3. The third kappa shape index (κ3) is 6.74. The molecule has 3 nitrogen and oxygen atoms in total. The lowest BCUT2D eigenvalue weighted by molar-refractivity contribution is 0.254. The zero-order chi connectivity index (χ0) is 14.4. The molecule has 0 saturated heterocycles. The predicted octanol–water partition coefficient (Wildman–Crippen LogP) is 3.00. The second-order valence-corrected chi connectivity index (χ2v) is 9.11. The predicted molar refractivity (Wildman–Crippen MR) is 79.7 cm³/mol. The molecule has 0 rings (SSSR count). The Bertz CT molecular complexity index is 315. The van der Waals surface area contributed by atoms with Crippen LogP contribution in [0.2, 0.25) is 0 Å². The minimum absolute atomic E-state index is 0.177. The van der Waals surface area contributed by atoms with Gasteiger partial charge in [-0.3, -0.25) is 0 Å². The molecule has 0 aromatic heterocycles. The van der Waals surface area contributed by atoms with Crippen LogP contribution in [-0.2, 0) is 9.84 Å². The van der Waals surface area contributed by atoms with E-state index in [1.807, 2.05) is 0 Å². The summed E-state index contributed by atoms with van der Waals surface area (Å²) in [5, 5.41) is 3.27. The molecule has 1 N–H and O–H groups in total. The van der Waals surface area contributed by atoms with E-state index in [9.17, 15) is 8.42 Å². The second-order valence-electron chi connectivity index (χ2n) is 6.43. The number of nitrogens with one attached hydrogen (secondary N) is 1. The van der Waals surface area contributed by atoms with Crippen LogP contribution in [0.5, 0.6) is 0 Å². The van der Waals surface area contributed by atoms with E-state index in [2.05, 4.69) is 33.0 Å². The molecule has 0 aliphatic carbocycles. The summed E-state index contributed by atoms with van der Waals surface area (Å²) in [6, 6.07) is 0.389. The van der Waals surface area contributed by atoms with E-state index >= 15 is 0 Å². The summed E-state index contributed by atoms with van der Waals surface area (Å²) in [6.07, 6.45) is 2.78. The average Bonchev–Trinajstić information content (AvgIpc) is 2.20. The van der Waals surface area contributed by atoms with Gasteiger partial charge in [-0.25, -0.2) is 8.42 Å². The normalized spacial score (nSPS) is 15.1. The van der Waals surface area contributed by atoms with Gasteiger partial charge in [0.1, 0.15) is 0 Å². The van der Waals surface area contributed by atoms with Crippen molar-refractivity contribution in [1.82, 2.24) is 5.32 Å². The first-order valence-corrected chi connectivity index (χ1v) is 8.77. The van der Waals surface area contributed by atoms with Gasteiger partial charge in [-0.1, -0.05) is 27.7 Å². The summed E-state index contributed by atoms with van der Waals surface area (Å²) in [6.45, 7) is 13.3. The molecular formula is C14H31NO2S. The number of rotatable bonds is 8. The summed E-state index contributed by atoms with van der Waals surface area (Å²) < 4.78 is 23.5. The molecule has 0 spiro atoms. The fraction of sp³-hybridized carbons (Fsp3) is 1.00. The quantitative estimate of drug-likeness (QED) is 0.742. The molecule has 1 atom stereocenters. The van der Waals surface area contributed by atoms with Crippen molar-refractivity contribution in [2.75, 3.05) is 12.3 Å². The molecule has 0 aliphatic heterocycles. The Morgan fingerprint density at radius 3 is 2.11 bits per heavy atom. The van der Waals surface area contributed by atoms with Gasteiger partial charge in [-0.15, -0.1) is 0 Å². The first-order valence-electron chi connectivity index (χ1n) is 7.06. The SMILES string of the molecule is CCCNC(CCCS(=O)(=O)C(C)C)C(C)(C)C. The Balaban J connectivity index is 4.29. The maximum Gasteiger partial charge on any atom is 0.152 e. The summed E-state index contributed by atoms with van der Waals surface area (Å²) >= 11 is 0. The second kappa shape index (κ2) is 7.49. The van der Waals surface area contributed by atoms with Gasteiger partial charge < -0.3 is 5.32 Å². The minimum atomic E-state index is -2.89. The van der Waals surface area contributed by atoms with E-state index in [0.29, 0.717) is 11.8 Å². The molecule has 110 valence electrons. The van der Waals surface area contributed by atoms with Crippen molar-refractivity contribution in [3.8, 4) is 0 Å². The van der Waals surface area contributed by atoms with Gasteiger partial charge >= 0.3 is 0 Å². The van der Waals surface area contributed by atoms with Crippen LogP contribution in [0.1, 0.15) is 60.8 Å². The lowest BCUT2D eigenvalue weighted by atomic mass is 9.84. The van der Waals surface area contributed by atoms with E-state index in [0.717, 1.165) is 25.8 Å². The maximum absolute atomic E-state index is 11.8. The molecule has 4 heteroatoms. The van der Waals surface area contributed by atoms with Gasteiger partial charge in [-0.05, 0) is 45.1 Å². The highest BCUT2D eigenvalue weighted by Crippen LogP contribution is 2.23. The summed E-state index contributed by atoms with van der Waals surface area (Å²) in [4.78, 5) is 0. The van der Waals surface area contributed by atoms with Crippen LogP contribution in [0.4, 0.5) is 0 Å². The van der Waals surface area contributed by atoms with Crippen LogP contribution >= 0.6 is 0 Å². The van der Waals surface area contributed by atoms with Crippen molar-refractivity contribution < 1.29 is 8.42 Å². The fourth-order valence-electron chi connectivity index (χ4n) is 1.88. The van der Waals surface area contributed by atoms with Crippen molar-refractivity contribution in [2.45, 2.75) is 72.1 Å². The summed E-state index contributed by atoms with van der Waals surface area (Å²) in [5.41, 5.74) is 0.177. The van der Waals surface area contributed by atoms with E-state index in [-0.39, 0.29) is 10.7 Å². The molecule has 0 aliphatic rings. The lowest BCUT2D eigenvalue weighted by Gasteiger charge is -2.32. The first-order chi connectivity index (χ1) is 8.11. The topological polar surface area (TPSA) is 46.2 Å². The van der Waals surface area contributed by atoms with Gasteiger partial charge in [-0.2, -0.15) is 0 Å². The molecular weight excluding hydrogens is 246 g/mol. The molecule has 0 amide bonds. The van der Waals surface area contributed by atoms with Crippen LogP contribution in [0.15, 0.2) is 0 Å². The molecule has 0 aromatic carbocycles. The van der Waals surface area contributed by atoms with E-state index in [4.69, 9.17) is 0 Å². The van der Waals surface area contributed by atoms with Gasteiger partial charge in [0, 0.05) is 6.04 Å². The zero-order valence-corrected chi connectivity index (χ0v) is 13.7. The van der Waals surface area contributed by atoms with Crippen molar-refractivity contribution >= 4 is 9.84 Å². The van der Waals surface area contributed by atoms with Crippen molar-refractivity contribution in [3.63, 3.8) is 0 Å². The van der Waals surface area contributed by atoms with Crippen LogP contribution in [0, 0.1) is 5.41 Å². The number of hydrogen-bond donors (Lipinski definition) is 1. The molecule has 0 aromatic rings. The molecule has 1 unspecified atom stereocenters. The van der Waals surface area contributed by atoms with Crippen molar-refractivity contribution in [2.24, 2.45) is 5.41 Å². The maximum atomic E-state index is 11.8. The zero-order valence-electron chi connectivity index (χ0n) is 12.9. The third-order valence-electron chi connectivity index (χ3n) is 3.33. The highest BCUT2D eigenvalue weighted by atomic mass is 32.2. The van der Waals surface area contributed by atoms with E-state index in [1.165, 1.54) is 0 Å².